The van der Waals surface area contributed by atoms with E-state index in [0.717, 1.165) is 29.7 Å². The topological polar surface area (TPSA) is 47.8 Å². The quantitative estimate of drug-likeness (QED) is 0.415. The number of halogens is 1. The molecular weight excluding hydrogens is 313 g/mol. The minimum Gasteiger partial charge on any atom is -0.306 e. The van der Waals surface area contributed by atoms with Crippen molar-refractivity contribution in [2.75, 3.05) is 5.75 Å². The molecule has 0 saturated heterocycles. The van der Waals surface area contributed by atoms with Crippen molar-refractivity contribution in [2.24, 2.45) is 0 Å². The summed E-state index contributed by atoms with van der Waals surface area (Å²) < 4.78 is 15.0. The molecule has 0 N–H and O–H groups in total. The number of thioether (sulfide) groups is 1. The van der Waals surface area contributed by atoms with Crippen LogP contribution in [-0.4, -0.2) is 26.3 Å². The third-order valence-corrected chi connectivity index (χ3v) is 5.00. The van der Waals surface area contributed by atoms with Gasteiger partial charge in [-0.1, -0.05) is 11.8 Å². The average molecular weight is 333 g/mol. The number of rotatable bonds is 8. The van der Waals surface area contributed by atoms with Crippen molar-refractivity contribution in [1.82, 2.24) is 14.8 Å². The van der Waals surface area contributed by atoms with Crippen LogP contribution in [0.4, 0.5) is 4.39 Å². The molecule has 2 aromatic rings. The molecule has 1 aromatic carbocycles. The predicted octanol–water partition coefficient (Wildman–Crippen LogP) is 4.07. The number of carbonyl (C=O) groups is 1. The van der Waals surface area contributed by atoms with Crippen molar-refractivity contribution in [1.29, 1.82) is 0 Å². The summed E-state index contributed by atoms with van der Waals surface area (Å²) in [6, 6.07) is 5.73. The zero-order chi connectivity index (χ0) is 16.2. The summed E-state index contributed by atoms with van der Waals surface area (Å²) in [4.78, 5) is 12.0. The Labute approximate surface area is 139 Å². The van der Waals surface area contributed by atoms with Gasteiger partial charge in [-0.3, -0.25) is 4.79 Å². The van der Waals surface area contributed by atoms with Crippen LogP contribution in [0.1, 0.15) is 54.7 Å². The Balaban J connectivity index is 1.48. The van der Waals surface area contributed by atoms with Crippen LogP contribution in [0.2, 0.25) is 0 Å². The van der Waals surface area contributed by atoms with E-state index < -0.39 is 0 Å². The van der Waals surface area contributed by atoms with E-state index >= 15 is 0 Å². The van der Waals surface area contributed by atoms with Gasteiger partial charge in [-0.25, -0.2) is 4.39 Å². The highest BCUT2D eigenvalue weighted by Crippen LogP contribution is 2.40. The Morgan fingerprint density at radius 1 is 1.30 bits per heavy atom. The number of carbonyl (C=O) groups excluding carboxylic acids is 1. The van der Waals surface area contributed by atoms with Crippen LogP contribution in [0.15, 0.2) is 29.4 Å². The molecule has 1 aliphatic rings. The molecule has 0 amide bonds. The molecule has 0 atom stereocenters. The molecule has 0 spiro atoms. The Hall–Kier alpha value is -1.69. The fourth-order valence-corrected chi connectivity index (χ4v) is 3.47. The first kappa shape index (κ1) is 16.2. The van der Waals surface area contributed by atoms with Crippen LogP contribution in [0, 0.1) is 5.82 Å². The lowest BCUT2D eigenvalue weighted by Gasteiger charge is -2.06. The van der Waals surface area contributed by atoms with Gasteiger partial charge in [-0.15, -0.1) is 10.2 Å². The van der Waals surface area contributed by atoms with Gasteiger partial charge in [0.1, 0.15) is 11.6 Å². The van der Waals surface area contributed by atoms with Gasteiger partial charge >= 0.3 is 0 Å². The first-order chi connectivity index (χ1) is 11.2. The van der Waals surface area contributed by atoms with E-state index in [2.05, 4.69) is 21.7 Å². The van der Waals surface area contributed by atoms with Gasteiger partial charge in [0.05, 0.1) is 0 Å². The van der Waals surface area contributed by atoms with E-state index in [9.17, 15) is 9.18 Å². The summed E-state index contributed by atoms with van der Waals surface area (Å²) in [7, 11) is 0. The molecule has 1 aromatic heterocycles. The molecule has 1 heterocycles. The van der Waals surface area contributed by atoms with E-state index in [0.29, 0.717) is 17.9 Å². The van der Waals surface area contributed by atoms with Gasteiger partial charge in [-0.2, -0.15) is 0 Å². The average Bonchev–Trinajstić information content (AvgIpc) is 3.32. The lowest BCUT2D eigenvalue weighted by Crippen LogP contribution is -2.03. The van der Waals surface area contributed by atoms with Gasteiger partial charge in [0.15, 0.2) is 10.9 Å². The fourth-order valence-electron chi connectivity index (χ4n) is 2.52. The van der Waals surface area contributed by atoms with Gasteiger partial charge in [0.2, 0.25) is 0 Å². The molecule has 1 fully saturated rings. The third-order valence-electron chi connectivity index (χ3n) is 3.95. The summed E-state index contributed by atoms with van der Waals surface area (Å²) in [6.45, 7) is 2.99. The van der Waals surface area contributed by atoms with E-state index in [4.69, 9.17) is 0 Å². The highest BCUT2D eigenvalue weighted by atomic mass is 32.2. The molecule has 6 heteroatoms. The predicted molar refractivity (Wildman–Crippen MR) is 88.4 cm³/mol. The molecule has 1 aliphatic carbocycles. The van der Waals surface area contributed by atoms with Crippen LogP contribution < -0.4 is 0 Å². The molecule has 0 radical (unpaired) electrons. The first-order valence-electron chi connectivity index (χ1n) is 8.03. The number of hydrogen-bond acceptors (Lipinski definition) is 4. The van der Waals surface area contributed by atoms with Crippen molar-refractivity contribution in [2.45, 2.75) is 50.2 Å². The summed E-state index contributed by atoms with van der Waals surface area (Å²) in [6.07, 6.45) is 3.68. The number of benzene rings is 1. The second-order valence-electron chi connectivity index (χ2n) is 5.74. The minimum absolute atomic E-state index is 0.0567. The lowest BCUT2D eigenvalue weighted by molar-refractivity contribution is 0.0982. The van der Waals surface area contributed by atoms with Crippen molar-refractivity contribution in [3.63, 3.8) is 0 Å². The van der Waals surface area contributed by atoms with Crippen LogP contribution in [-0.2, 0) is 6.54 Å². The van der Waals surface area contributed by atoms with E-state index in [1.165, 1.54) is 25.0 Å². The maximum atomic E-state index is 12.8. The Kier molecular flexibility index (Phi) is 5.10. The number of hydrogen-bond donors (Lipinski definition) is 0. The number of nitrogens with zero attached hydrogens (tertiary/aromatic N) is 3. The van der Waals surface area contributed by atoms with E-state index in [-0.39, 0.29) is 11.6 Å². The zero-order valence-electron chi connectivity index (χ0n) is 13.2. The molecule has 0 unspecified atom stereocenters. The highest BCUT2D eigenvalue weighted by molar-refractivity contribution is 7.99. The van der Waals surface area contributed by atoms with Crippen molar-refractivity contribution >= 4 is 17.5 Å². The number of Topliss-reactive ketones (excluding diaryl/α,β-unsaturated/α-hetero) is 1. The normalized spacial score (nSPS) is 14.2. The molecule has 4 nitrogen and oxygen atoms in total. The van der Waals surface area contributed by atoms with Crippen LogP contribution >= 0.6 is 11.8 Å². The van der Waals surface area contributed by atoms with Crippen molar-refractivity contribution in [3.05, 3.63) is 41.5 Å². The van der Waals surface area contributed by atoms with Gasteiger partial charge in [0, 0.05) is 30.2 Å². The van der Waals surface area contributed by atoms with Crippen LogP contribution in [0.25, 0.3) is 0 Å². The zero-order valence-corrected chi connectivity index (χ0v) is 14.0. The van der Waals surface area contributed by atoms with Crippen molar-refractivity contribution in [3.8, 4) is 0 Å². The Morgan fingerprint density at radius 2 is 2.04 bits per heavy atom. The van der Waals surface area contributed by atoms with Crippen LogP contribution in [0.5, 0.6) is 0 Å². The van der Waals surface area contributed by atoms with Crippen molar-refractivity contribution < 1.29 is 9.18 Å². The lowest BCUT2D eigenvalue weighted by atomic mass is 10.1. The standard InChI is InChI=1S/C17H20FN3OS/c1-2-21-16(13-5-6-13)19-20-17(21)23-11-3-4-15(22)12-7-9-14(18)10-8-12/h7-10,13H,2-6,11H2,1H3. The van der Waals surface area contributed by atoms with Gasteiger partial charge in [-0.05, 0) is 50.5 Å². The Bertz CT molecular complexity index is 680. The maximum Gasteiger partial charge on any atom is 0.191 e. The van der Waals surface area contributed by atoms with Gasteiger partial charge in [0.25, 0.3) is 0 Å². The molecule has 0 aliphatic heterocycles. The monoisotopic (exact) mass is 333 g/mol. The smallest absolute Gasteiger partial charge is 0.191 e. The molecular formula is C17H20FN3OS. The Morgan fingerprint density at radius 3 is 2.70 bits per heavy atom. The number of aromatic nitrogens is 3. The minimum atomic E-state index is -0.317. The maximum absolute atomic E-state index is 12.8. The van der Waals surface area contributed by atoms with Crippen LogP contribution in [0.3, 0.4) is 0 Å². The summed E-state index contributed by atoms with van der Waals surface area (Å²) in [5, 5.41) is 9.54. The third kappa shape index (κ3) is 3.99. The summed E-state index contributed by atoms with van der Waals surface area (Å²) >= 11 is 1.65. The van der Waals surface area contributed by atoms with Gasteiger partial charge < -0.3 is 4.57 Å². The summed E-state index contributed by atoms with van der Waals surface area (Å²) in [5.41, 5.74) is 0.573. The molecule has 122 valence electrons. The second kappa shape index (κ2) is 7.25. The molecule has 3 rings (SSSR count). The second-order valence-corrected chi connectivity index (χ2v) is 6.80. The van der Waals surface area contributed by atoms with E-state index in [1.54, 1.807) is 23.9 Å². The number of ketones is 1. The molecule has 23 heavy (non-hydrogen) atoms. The fraction of sp³-hybridized carbons (Fsp3) is 0.471. The largest absolute Gasteiger partial charge is 0.306 e. The first-order valence-corrected chi connectivity index (χ1v) is 9.02. The molecule has 1 saturated carbocycles. The molecule has 0 bridgehead atoms. The SMILES string of the molecule is CCn1c(SCCCC(=O)c2ccc(F)cc2)nnc1C1CC1. The highest BCUT2D eigenvalue weighted by Gasteiger charge is 2.29. The van der Waals surface area contributed by atoms with E-state index in [1.807, 2.05) is 0 Å². The summed E-state index contributed by atoms with van der Waals surface area (Å²) in [5.74, 6) is 2.27.